The van der Waals surface area contributed by atoms with E-state index in [2.05, 4.69) is 59.0 Å². The van der Waals surface area contributed by atoms with E-state index in [1.54, 1.807) is 0 Å². The molecule has 1 N–H and O–H groups in total. The Morgan fingerprint density at radius 3 is 2.77 bits per heavy atom. The number of carboxylic acid groups (broad SMARTS) is 1. The summed E-state index contributed by atoms with van der Waals surface area (Å²) in [4.78, 5) is 17.6. The van der Waals surface area contributed by atoms with Crippen LogP contribution in [0.3, 0.4) is 0 Å². The van der Waals surface area contributed by atoms with Crippen LogP contribution in [0.2, 0.25) is 0 Å². The molecule has 1 aliphatic heterocycles. The van der Waals surface area contributed by atoms with Gasteiger partial charge in [0.1, 0.15) is 0 Å². The number of hydrogen-bond acceptors (Lipinski definition) is 5. The Kier molecular flexibility index (Phi) is 4.82. The first-order valence-electron chi connectivity index (χ1n) is 10.5. The molecular formula is C24H24N4O3. The third-order valence-electron chi connectivity index (χ3n) is 5.86. The molecule has 0 saturated carbocycles. The molecule has 7 nitrogen and oxygen atoms in total. The highest BCUT2D eigenvalue weighted by Gasteiger charge is 2.20. The van der Waals surface area contributed by atoms with Crippen molar-refractivity contribution in [2.45, 2.75) is 32.9 Å². The van der Waals surface area contributed by atoms with Crippen LogP contribution in [0.4, 0.5) is 0 Å². The molecule has 158 valence electrons. The van der Waals surface area contributed by atoms with Gasteiger partial charge in [0, 0.05) is 47.4 Å². The Morgan fingerprint density at radius 1 is 1.13 bits per heavy atom. The first-order chi connectivity index (χ1) is 15.0. The standard InChI is InChI=1S/C24H24N4O3/c1-15(2)28-10-8-17-11-19(5-6-21(17)28)24-25-23(26-31-24)18-4-3-16-7-9-27(14-22(29)30)13-20(16)12-18/h3-6,8,10-12,15H,7,9,13-14H2,1-2H3,(H,29,30). The molecule has 5 rings (SSSR count). The van der Waals surface area contributed by atoms with Crippen LogP contribution in [0.15, 0.2) is 53.2 Å². The molecule has 0 spiro atoms. The van der Waals surface area contributed by atoms with Gasteiger partial charge in [-0.2, -0.15) is 4.98 Å². The lowest BCUT2D eigenvalue weighted by molar-refractivity contribution is -0.138. The predicted octanol–water partition coefficient (Wildman–Crippen LogP) is 4.38. The van der Waals surface area contributed by atoms with Gasteiger partial charge >= 0.3 is 5.97 Å². The number of benzene rings is 2. The van der Waals surface area contributed by atoms with E-state index in [4.69, 9.17) is 9.63 Å². The summed E-state index contributed by atoms with van der Waals surface area (Å²) in [5.41, 5.74) is 5.30. The molecule has 0 unspecified atom stereocenters. The fraction of sp³-hybridized carbons (Fsp3) is 0.292. The van der Waals surface area contributed by atoms with Gasteiger partial charge in [-0.1, -0.05) is 17.3 Å². The van der Waals surface area contributed by atoms with Crippen molar-refractivity contribution in [2.24, 2.45) is 0 Å². The zero-order valence-electron chi connectivity index (χ0n) is 17.6. The van der Waals surface area contributed by atoms with Gasteiger partial charge in [0.05, 0.1) is 6.54 Å². The molecular weight excluding hydrogens is 392 g/mol. The maximum atomic E-state index is 11.0. The van der Waals surface area contributed by atoms with Gasteiger partial charge in [0.2, 0.25) is 5.82 Å². The summed E-state index contributed by atoms with van der Waals surface area (Å²) in [5, 5.41) is 14.4. The summed E-state index contributed by atoms with van der Waals surface area (Å²) in [5.74, 6) is 0.218. The Bertz CT molecular complexity index is 1270. The molecule has 2 aromatic carbocycles. The van der Waals surface area contributed by atoms with Crippen molar-refractivity contribution in [1.82, 2.24) is 19.6 Å². The average molecular weight is 416 g/mol. The van der Waals surface area contributed by atoms with Gasteiger partial charge in [-0.3, -0.25) is 9.69 Å². The van der Waals surface area contributed by atoms with Gasteiger partial charge in [-0.25, -0.2) is 0 Å². The van der Waals surface area contributed by atoms with Crippen molar-refractivity contribution in [3.63, 3.8) is 0 Å². The number of rotatable bonds is 5. The number of carbonyl (C=O) groups is 1. The molecule has 0 saturated heterocycles. The number of hydrogen-bond donors (Lipinski definition) is 1. The van der Waals surface area contributed by atoms with Crippen LogP contribution >= 0.6 is 0 Å². The van der Waals surface area contributed by atoms with Crippen LogP contribution in [-0.2, 0) is 17.8 Å². The molecule has 1 aliphatic rings. The number of fused-ring (bicyclic) bond motifs is 2. The Labute approximate surface area is 179 Å². The summed E-state index contributed by atoms with van der Waals surface area (Å²) < 4.78 is 7.81. The molecule has 31 heavy (non-hydrogen) atoms. The van der Waals surface area contributed by atoms with Gasteiger partial charge in [-0.05, 0) is 61.7 Å². The minimum absolute atomic E-state index is 0.0526. The minimum Gasteiger partial charge on any atom is -0.480 e. The van der Waals surface area contributed by atoms with Crippen LogP contribution in [-0.4, -0.2) is 43.8 Å². The van der Waals surface area contributed by atoms with E-state index in [1.807, 2.05) is 23.1 Å². The Hall–Kier alpha value is -3.45. The van der Waals surface area contributed by atoms with Crippen LogP contribution in [0.5, 0.6) is 0 Å². The summed E-state index contributed by atoms with van der Waals surface area (Å²) in [6.45, 7) is 5.75. The van der Waals surface area contributed by atoms with Crippen molar-refractivity contribution in [2.75, 3.05) is 13.1 Å². The molecule has 0 bridgehead atoms. The summed E-state index contributed by atoms with van der Waals surface area (Å²) in [6, 6.07) is 14.8. The monoisotopic (exact) mass is 416 g/mol. The van der Waals surface area contributed by atoms with E-state index < -0.39 is 5.97 Å². The highest BCUT2D eigenvalue weighted by atomic mass is 16.5. The number of carboxylic acids is 1. The van der Waals surface area contributed by atoms with Crippen LogP contribution < -0.4 is 0 Å². The molecule has 3 heterocycles. The molecule has 2 aromatic heterocycles. The van der Waals surface area contributed by atoms with Crippen molar-refractivity contribution < 1.29 is 14.4 Å². The number of nitrogens with zero attached hydrogens (tertiary/aromatic N) is 4. The van der Waals surface area contributed by atoms with Crippen LogP contribution in [0, 0.1) is 0 Å². The number of aromatic nitrogens is 3. The molecule has 4 aromatic rings. The second kappa shape index (κ2) is 7.67. The zero-order chi connectivity index (χ0) is 21.5. The Morgan fingerprint density at radius 2 is 1.97 bits per heavy atom. The lowest BCUT2D eigenvalue weighted by Crippen LogP contribution is -2.34. The molecule has 0 atom stereocenters. The van der Waals surface area contributed by atoms with Gasteiger partial charge < -0.3 is 14.2 Å². The second-order valence-electron chi connectivity index (χ2n) is 8.35. The third-order valence-corrected chi connectivity index (χ3v) is 5.86. The quantitative estimate of drug-likeness (QED) is 0.520. The summed E-state index contributed by atoms with van der Waals surface area (Å²) in [7, 11) is 0. The number of aliphatic carboxylic acids is 1. The van der Waals surface area contributed by atoms with E-state index in [1.165, 1.54) is 11.1 Å². The van der Waals surface area contributed by atoms with Gasteiger partial charge in [-0.15, -0.1) is 0 Å². The maximum Gasteiger partial charge on any atom is 0.317 e. The smallest absolute Gasteiger partial charge is 0.317 e. The average Bonchev–Trinajstić information content (AvgIpc) is 3.39. The molecule has 7 heteroatoms. The third kappa shape index (κ3) is 3.72. The van der Waals surface area contributed by atoms with E-state index in [0.717, 1.165) is 35.0 Å². The molecule has 0 amide bonds. The topological polar surface area (TPSA) is 84.4 Å². The zero-order valence-corrected chi connectivity index (χ0v) is 17.6. The van der Waals surface area contributed by atoms with Crippen molar-refractivity contribution in [1.29, 1.82) is 0 Å². The highest BCUT2D eigenvalue weighted by molar-refractivity contribution is 5.84. The lowest BCUT2D eigenvalue weighted by atomic mass is 9.97. The van der Waals surface area contributed by atoms with E-state index in [9.17, 15) is 4.79 Å². The minimum atomic E-state index is -0.803. The predicted molar refractivity (Wildman–Crippen MR) is 118 cm³/mol. The SMILES string of the molecule is CC(C)n1ccc2cc(-c3nc(-c4ccc5c(c4)CN(CC(=O)O)CC5)no3)ccc21. The second-order valence-corrected chi connectivity index (χ2v) is 8.35. The highest BCUT2D eigenvalue weighted by Crippen LogP contribution is 2.29. The van der Waals surface area contributed by atoms with E-state index >= 15 is 0 Å². The maximum absolute atomic E-state index is 11.0. The fourth-order valence-electron chi connectivity index (χ4n) is 4.29. The summed E-state index contributed by atoms with van der Waals surface area (Å²) >= 11 is 0. The van der Waals surface area contributed by atoms with Gasteiger partial charge in [0.15, 0.2) is 0 Å². The molecule has 0 radical (unpaired) electrons. The van der Waals surface area contributed by atoms with Crippen molar-refractivity contribution in [3.05, 3.63) is 59.8 Å². The van der Waals surface area contributed by atoms with Crippen LogP contribution in [0.25, 0.3) is 33.7 Å². The van der Waals surface area contributed by atoms with Crippen LogP contribution in [0.1, 0.15) is 31.0 Å². The van der Waals surface area contributed by atoms with E-state index in [-0.39, 0.29) is 6.54 Å². The lowest BCUT2D eigenvalue weighted by Gasteiger charge is -2.27. The molecule has 0 fully saturated rings. The van der Waals surface area contributed by atoms with Crippen molar-refractivity contribution >= 4 is 16.9 Å². The van der Waals surface area contributed by atoms with Crippen molar-refractivity contribution in [3.8, 4) is 22.8 Å². The first kappa shape index (κ1) is 19.5. The Balaban J connectivity index is 1.42. The largest absolute Gasteiger partial charge is 0.480 e. The first-order valence-corrected chi connectivity index (χ1v) is 10.5. The fourth-order valence-corrected chi connectivity index (χ4v) is 4.29. The van der Waals surface area contributed by atoms with E-state index in [0.29, 0.717) is 24.3 Å². The molecule has 0 aliphatic carbocycles. The summed E-state index contributed by atoms with van der Waals surface area (Å²) in [6.07, 6.45) is 2.94. The van der Waals surface area contributed by atoms with Gasteiger partial charge in [0.25, 0.3) is 5.89 Å². The normalized spacial score (nSPS) is 14.3.